The predicted molar refractivity (Wildman–Crippen MR) is 111 cm³/mol. The Hall–Kier alpha value is -2.51. The molecule has 1 aromatic carbocycles. The Labute approximate surface area is 169 Å². The van der Waals surface area contributed by atoms with Crippen molar-refractivity contribution in [1.29, 1.82) is 0 Å². The van der Waals surface area contributed by atoms with E-state index < -0.39 is 0 Å². The van der Waals surface area contributed by atoms with Gasteiger partial charge in [-0.05, 0) is 50.2 Å². The van der Waals surface area contributed by atoms with Crippen LogP contribution in [-0.4, -0.2) is 60.1 Å². The molecule has 1 saturated heterocycles. The number of nitrogens with one attached hydrogen (secondary N) is 1. The molecule has 0 unspecified atom stereocenters. The molecule has 6 nitrogen and oxygen atoms in total. The normalized spacial score (nSPS) is 14.7. The Balaban J connectivity index is 1.40. The summed E-state index contributed by atoms with van der Waals surface area (Å²) in [4.78, 5) is 42.0. The molecule has 0 bridgehead atoms. The van der Waals surface area contributed by atoms with Gasteiger partial charge in [-0.3, -0.25) is 19.3 Å². The summed E-state index contributed by atoms with van der Waals surface area (Å²) in [5.74, 6) is 0.0531. The lowest BCUT2D eigenvalue weighted by molar-refractivity contribution is -0.116. The van der Waals surface area contributed by atoms with Crippen LogP contribution in [0.15, 0.2) is 36.4 Å². The van der Waals surface area contributed by atoms with Gasteiger partial charge in [-0.25, -0.2) is 0 Å². The van der Waals surface area contributed by atoms with E-state index >= 15 is 0 Å². The first-order chi connectivity index (χ1) is 13.4. The molecule has 2 heterocycles. The second kappa shape index (κ2) is 9.12. The van der Waals surface area contributed by atoms with Crippen LogP contribution in [-0.2, 0) is 4.79 Å². The van der Waals surface area contributed by atoms with Crippen molar-refractivity contribution in [2.45, 2.75) is 20.3 Å². The molecule has 1 aliphatic rings. The molecule has 148 valence electrons. The molecule has 7 heteroatoms. The van der Waals surface area contributed by atoms with Gasteiger partial charge in [-0.15, -0.1) is 11.3 Å². The molecule has 28 heavy (non-hydrogen) atoms. The van der Waals surface area contributed by atoms with Crippen molar-refractivity contribution in [3.8, 4) is 0 Å². The van der Waals surface area contributed by atoms with Crippen molar-refractivity contribution in [1.82, 2.24) is 9.80 Å². The van der Waals surface area contributed by atoms with Crippen molar-refractivity contribution >= 4 is 34.6 Å². The van der Waals surface area contributed by atoms with Gasteiger partial charge in [0.2, 0.25) is 5.91 Å². The number of Topliss-reactive ketones (excluding diaryl/α,β-unsaturated/α-hetero) is 1. The Kier molecular flexibility index (Phi) is 6.59. The van der Waals surface area contributed by atoms with Gasteiger partial charge in [0.1, 0.15) is 0 Å². The minimum atomic E-state index is -0.0526. The lowest BCUT2D eigenvalue weighted by Gasteiger charge is -2.34. The fraction of sp³-hybridized carbons (Fsp3) is 0.381. The number of carbonyl (C=O) groups is 3. The Morgan fingerprint density at radius 2 is 1.68 bits per heavy atom. The van der Waals surface area contributed by atoms with Gasteiger partial charge >= 0.3 is 0 Å². The summed E-state index contributed by atoms with van der Waals surface area (Å²) in [6.07, 6.45) is 0.395. The molecule has 1 aliphatic heterocycles. The molecular formula is C21H25N3O3S. The molecular weight excluding hydrogens is 374 g/mol. The van der Waals surface area contributed by atoms with E-state index in [-0.39, 0.29) is 17.6 Å². The van der Waals surface area contributed by atoms with Gasteiger partial charge in [0.05, 0.1) is 4.88 Å². The van der Waals surface area contributed by atoms with E-state index in [4.69, 9.17) is 0 Å². The van der Waals surface area contributed by atoms with Crippen LogP contribution in [0.1, 0.15) is 38.3 Å². The van der Waals surface area contributed by atoms with Crippen molar-refractivity contribution in [2.24, 2.45) is 0 Å². The zero-order valence-electron chi connectivity index (χ0n) is 16.2. The largest absolute Gasteiger partial charge is 0.335 e. The first-order valence-corrected chi connectivity index (χ1v) is 10.2. The smallest absolute Gasteiger partial charge is 0.264 e. The Bertz CT molecular complexity index is 852. The number of hydrogen-bond acceptors (Lipinski definition) is 5. The van der Waals surface area contributed by atoms with Crippen LogP contribution in [0.4, 0.5) is 5.69 Å². The summed E-state index contributed by atoms with van der Waals surface area (Å²) in [5, 5.41) is 2.86. The number of ketones is 1. The van der Waals surface area contributed by atoms with E-state index in [1.165, 1.54) is 18.3 Å². The van der Waals surface area contributed by atoms with Crippen LogP contribution in [0, 0.1) is 6.92 Å². The minimum Gasteiger partial charge on any atom is -0.335 e. The number of carbonyl (C=O) groups excluding carboxylic acids is 3. The highest BCUT2D eigenvalue weighted by Gasteiger charge is 2.23. The fourth-order valence-corrected chi connectivity index (χ4v) is 3.99. The number of thiophene rings is 1. The zero-order chi connectivity index (χ0) is 20.1. The number of anilines is 1. The van der Waals surface area contributed by atoms with Crippen molar-refractivity contribution in [3.05, 3.63) is 51.7 Å². The summed E-state index contributed by atoms with van der Waals surface area (Å²) in [6.45, 7) is 7.10. The summed E-state index contributed by atoms with van der Waals surface area (Å²) < 4.78 is 0. The topological polar surface area (TPSA) is 69.7 Å². The van der Waals surface area contributed by atoms with Gasteiger partial charge in [0.25, 0.3) is 5.91 Å². The summed E-state index contributed by atoms with van der Waals surface area (Å²) in [7, 11) is 0. The van der Waals surface area contributed by atoms with Crippen LogP contribution in [0.25, 0.3) is 0 Å². The standard InChI is InChI=1S/C21H25N3O3S/c1-15-3-8-19(28-15)21(27)24-13-11-23(12-14-24)10-9-20(26)22-18-6-4-17(5-7-18)16(2)25/h3-8H,9-14H2,1-2H3,(H,22,26). The lowest BCUT2D eigenvalue weighted by atomic mass is 10.1. The maximum absolute atomic E-state index is 12.5. The molecule has 2 amide bonds. The number of amides is 2. The van der Waals surface area contributed by atoms with Gasteiger partial charge in [-0.2, -0.15) is 0 Å². The highest BCUT2D eigenvalue weighted by molar-refractivity contribution is 7.13. The second-order valence-electron chi connectivity index (χ2n) is 6.98. The van der Waals surface area contributed by atoms with Gasteiger partial charge in [0, 0.05) is 55.3 Å². The average molecular weight is 400 g/mol. The van der Waals surface area contributed by atoms with E-state index in [1.807, 2.05) is 24.0 Å². The SMILES string of the molecule is CC(=O)c1ccc(NC(=O)CCN2CCN(C(=O)c3ccc(C)s3)CC2)cc1. The third-order valence-electron chi connectivity index (χ3n) is 4.84. The van der Waals surface area contributed by atoms with Gasteiger partial charge in [0.15, 0.2) is 5.78 Å². The molecule has 1 N–H and O–H groups in total. The highest BCUT2D eigenvalue weighted by atomic mass is 32.1. The summed E-state index contributed by atoms with van der Waals surface area (Å²) >= 11 is 1.53. The molecule has 3 rings (SSSR count). The van der Waals surface area contributed by atoms with E-state index in [0.29, 0.717) is 37.3 Å². The fourth-order valence-electron chi connectivity index (χ4n) is 3.15. The number of aryl methyl sites for hydroxylation is 1. The quantitative estimate of drug-likeness (QED) is 0.758. The van der Waals surface area contributed by atoms with Gasteiger partial charge < -0.3 is 10.2 Å². The first-order valence-electron chi connectivity index (χ1n) is 9.41. The van der Waals surface area contributed by atoms with Crippen molar-refractivity contribution in [3.63, 3.8) is 0 Å². The maximum Gasteiger partial charge on any atom is 0.264 e. The van der Waals surface area contributed by atoms with E-state index in [1.54, 1.807) is 24.3 Å². The molecule has 2 aromatic rings. The van der Waals surface area contributed by atoms with Gasteiger partial charge in [-0.1, -0.05) is 0 Å². The Morgan fingerprint density at radius 3 is 2.25 bits per heavy atom. The third kappa shape index (κ3) is 5.27. The molecule has 0 aliphatic carbocycles. The first kappa shape index (κ1) is 20.2. The van der Waals surface area contributed by atoms with Crippen molar-refractivity contribution in [2.75, 3.05) is 38.0 Å². The van der Waals surface area contributed by atoms with E-state index in [0.717, 1.165) is 22.8 Å². The van der Waals surface area contributed by atoms with Crippen LogP contribution < -0.4 is 5.32 Å². The second-order valence-corrected chi connectivity index (χ2v) is 8.26. The number of hydrogen-bond donors (Lipinski definition) is 1. The number of rotatable bonds is 6. The van der Waals surface area contributed by atoms with E-state index in [9.17, 15) is 14.4 Å². The maximum atomic E-state index is 12.5. The summed E-state index contributed by atoms with van der Waals surface area (Å²) in [5.41, 5.74) is 1.32. The predicted octanol–water partition coefficient (Wildman–Crippen LogP) is 3.05. The molecule has 0 saturated carbocycles. The molecule has 1 aromatic heterocycles. The highest BCUT2D eigenvalue weighted by Crippen LogP contribution is 2.18. The molecule has 0 spiro atoms. The number of nitrogens with zero attached hydrogens (tertiary/aromatic N) is 2. The molecule has 1 fully saturated rings. The monoisotopic (exact) mass is 399 g/mol. The molecule has 0 atom stereocenters. The van der Waals surface area contributed by atoms with Crippen molar-refractivity contribution < 1.29 is 14.4 Å². The van der Waals surface area contributed by atoms with Crippen LogP contribution >= 0.6 is 11.3 Å². The lowest BCUT2D eigenvalue weighted by Crippen LogP contribution is -2.49. The summed E-state index contributed by atoms with van der Waals surface area (Å²) in [6, 6.07) is 10.8. The van der Waals surface area contributed by atoms with Crippen LogP contribution in [0.2, 0.25) is 0 Å². The number of benzene rings is 1. The minimum absolute atomic E-state index is 0.00436. The van der Waals surface area contributed by atoms with Crippen LogP contribution in [0.5, 0.6) is 0 Å². The average Bonchev–Trinajstić information content (AvgIpc) is 3.13. The van der Waals surface area contributed by atoms with Crippen LogP contribution in [0.3, 0.4) is 0 Å². The Morgan fingerprint density at radius 1 is 1.00 bits per heavy atom. The zero-order valence-corrected chi connectivity index (χ0v) is 17.1. The third-order valence-corrected chi connectivity index (χ3v) is 5.83. The molecule has 0 radical (unpaired) electrons. The van der Waals surface area contributed by atoms with E-state index in [2.05, 4.69) is 10.2 Å². The number of piperazine rings is 1.